The van der Waals surface area contributed by atoms with Crippen LogP contribution in [-0.2, 0) is 6.54 Å². The number of rotatable bonds is 5. The van der Waals surface area contributed by atoms with E-state index in [9.17, 15) is 9.90 Å². The number of anilines is 1. The Labute approximate surface area is 133 Å². The molecule has 0 saturated carbocycles. The Morgan fingerprint density at radius 1 is 1.50 bits per heavy atom. The van der Waals surface area contributed by atoms with Gasteiger partial charge in [0.05, 0.1) is 5.69 Å². The predicted molar refractivity (Wildman–Crippen MR) is 90.6 cm³/mol. The first-order valence-corrected chi connectivity index (χ1v) is 7.39. The average molecular weight is 318 g/mol. The van der Waals surface area contributed by atoms with Crippen LogP contribution in [0.4, 0.5) is 11.4 Å². The molecule has 0 aliphatic heterocycles. The van der Waals surface area contributed by atoms with Crippen molar-refractivity contribution in [2.24, 2.45) is 4.99 Å². The number of nitrogens with zero attached hydrogens (tertiary/aromatic N) is 2. The summed E-state index contributed by atoms with van der Waals surface area (Å²) in [6, 6.07) is 6.94. The molecule has 4 N–H and O–H groups in total. The molecule has 0 amide bonds. The Kier molecular flexibility index (Phi) is 5.11. The van der Waals surface area contributed by atoms with Crippen molar-refractivity contribution >= 4 is 29.8 Å². The average Bonchev–Trinajstić information content (AvgIpc) is 2.46. The molecule has 1 aromatic carbocycles. The zero-order valence-corrected chi connectivity index (χ0v) is 13.1. The maximum atomic E-state index is 12.0. The zero-order valence-electron chi connectivity index (χ0n) is 12.2. The third-order valence-corrected chi connectivity index (χ3v) is 3.48. The molecule has 6 nitrogen and oxygen atoms in total. The monoisotopic (exact) mass is 318 g/mol. The Morgan fingerprint density at radius 3 is 2.95 bits per heavy atom. The molecule has 0 radical (unpaired) electrons. The van der Waals surface area contributed by atoms with E-state index in [1.54, 1.807) is 24.3 Å². The molecule has 22 heavy (non-hydrogen) atoms. The van der Waals surface area contributed by atoms with Crippen LogP contribution in [0.15, 0.2) is 34.1 Å². The Hall–Kier alpha value is -2.41. The number of nitrogen functional groups attached to an aromatic ring is 1. The quantitative estimate of drug-likeness (QED) is 0.448. The number of benzene rings is 1. The number of nitrogens with two attached hydrogens (primary N) is 1. The lowest BCUT2D eigenvalue weighted by molar-refractivity contribution is 0.398. The van der Waals surface area contributed by atoms with Gasteiger partial charge in [-0.3, -0.25) is 19.3 Å². The fraction of sp³-hybridized carbons (Fsp3) is 0.267. The molecule has 2 aromatic rings. The van der Waals surface area contributed by atoms with Crippen LogP contribution in [0.1, 0.15) is 25.3 Å². The molecule has 0 spiro atoms. The minimum Gasteiger partial charge on any atom is -0.494 e. The van der Waals surface area contributed by atoms with E-state index in [1.165, 1.54) is 10.8 Å². The lowest BCUT2D eigenvalue weighted by atomic mass is 10.3. The molecule has 0 unspecified atom stereocenters. The number of aromatic nitrogens is 2. The Balaban J connectivity index is 2.42. The van der Waals surface area contributed by atoms with Crippen LogP contribution < -0.4 is 11.3 Å². The van der Waals surface area contributed by atoms with Crippen LogP contribution in [0, 0.1) is 4.77 Å². The maximum absolute atomic E-state index is 12.0. The highest BCUT2D eigenvalue weighted by atomic mass is 32.1. The highest BCUT2D eigenvalue weighted by Crippen LogP contribution is 2.17. The largest absolute Gasteiger partial charge is 0.494 e. The number of hydrogen-bond donors (Lipinski definition) is 3. The molecule has 7 heteroatoms. The molecule has 0 aliphatic carbocycles. The number of aromatic hydroxyl groups is 1. The summed E-state index contributed by atoms with van der Waals surface area (Å²) < 4.78 is 1.71. The van der Waals surface area contributed by atoms with E-state index in [0.717, 1.165) is 12.8 Å². The second-order valence-corrected chi connectivity index (χ2v) is 5.24. The summed E-state index contributed by atoms with van der Waals surface area (Å²) in [6.07, 6.45) is 3.12. The molecule has 0 atom stereocenters. The minimum absolute atomic E-state index is 0.0760. The molecule has 0 aliphatic rings. The zero-order chi connectivity index (χ0) is 16.1. The van der Waals surface area contributed by atoms with Gasteiger partial charge in [-0.1, -0.05) is 19.4 Å². The van der Waals surface area contributed by atoms with E-state index in [4.69, 9.17) is 18.0 Å². The first-order valence-electron chi connectivity index (χ1n) is 6.98. The molecule has 0 bridgehead atoms. The van der Waals surface area contributed by atoms with E-state index < -0.39 is 5.56 Å². The molecular formula is C15H18N4O2S. The number of H-pyrrole nitrogens is 1. The summed E-state index contributed by atoms with van der Waals surface area (Å²) >= 11 is 5.08. The van der Waals surface area contributed by atoms with Crippen LogP contribution >= 0.6 is 12.2 Å². The van der Waals surface area contributed by atoms with Gasteiger partial charge in [-0.2, -0.15) is 0 Å². The predicted octanol–water partition coefficient (Wildman–Crippen LogP) is 2.74. The minimum atomic E-state index is -0.470. The van der Waals surface area contributed by atoms with Gasteiger partial charge in [0.2, 0.25) is 5.88 Å². The molecule has 1 aromatic heterocycles. The number of aromatic amines is 1. The number of unbranched alkanes of at least 4 members (excludes halogenated alkanes) is 1. The maximum Gasteiger partial charge on any atom is 0.264 e. The highest BCUT2D eigenvalue weighted by Gasteiger charge is 2.10. The van der Waals surface area contributed by atoms with Crippen molar-refractivity contribution in [1.82, 2.24) is 9.55 Å². The van der Waals surface area contributed by atoms with Gasteiger partial charge < -0.3 is 10.8 Å². The van der Waals surface area contributed by atoms with Gasteiger partial charge >= 0.3 is 0 Å². The topological polar surface area (TPSA) is 96.4 Å². The standard InChI is InChI=1S/C15H18N4O2S/c1-2-3-7-19-14(21)12(13(20)18-15(19)22)9-17-11-6-4-5-10(16)8-11/h4-6,8-9,21H,2-3,7,16H2,1H3,(H,18,20,22). The number of nitrogens with one attached hydrogen (secondary N) is 1. The summed E-state index contributed by atoms with van der Waals surface area (Å²) in [5.41, 5.74) is 6.46. The van der Waals surface area contributed by atoms with Crippen molar-refractivity contribution in [3.63, 3.8) is 0 Å². The molecule has 1 heterocycles. The summed E-state index contributed by atoms with van der Waals surface area (Å²) in [5.74, 6) is -0.171. The fourth-order valence-electron chi connectivity index (χ4n) is 1.96. The molecule has 2 rings (SSSR count). The lowest BCUT2D eigenvalue weighted by Crippen LogP contribution is -2.18. The van der Waals surface area contributed by atoms with Crippen LogP contribution in [0.5, 0.6) is 5.88 Å². The Morgan fingerprint density at radius 2 is 2.27 bits per heavy atom. The van der Waals surface area contributed by atoms with Gasteiger partial charge in [0.25, 0.3) is 5.56 Å². The molecule has 0 saturated heterocycles. The van der Waals surface area contributed by atoms with Crippen molar-refractivity contribution in [2.75, 3.05) is 5.73 Å². The number of aliphatic imine (C=N–C) groups is 1. The van der Waals surface area contributed by atoms with Gasteiger partial charge in [0.15, 0.2) is 4.77 Å². The SMILES string of the molecule is CCCCn1c(O)c(C=Nc2cccc(N)c2)c(=O)[nH]c1=S. The van der Waals surface area contributed by atoms with E-state index in [1.807, 2.05) is 6.92 Å². The van der Waals surface area contributed by atoms with Crippen LogP contribution in [-0.4, -0.2) is 20.9 Å². The molecule has 0 fully saturated rings. The lowest BCUT2D eigenvalue weighted by Gasteiger charge is -2.10. The second-order valence-electron chi connectivity index (χ2n) is 4.85. The van der Waals surface area contributed by atoms with E-state index in [-0.39, 0.29) is 16.2 Å². The number of hydrogen-bond acceptors (Lipinski definition) is 5. The third-order valence-electron chi connectivity index (χ3n) is 3.16. The Bertz CT molecular complexity index is 808. The van der Waals surface area contributed by atoms with E-state index in [0.29, 0.717) is 17.9 Å². The van der Waals surface area contributed by atoms with Crippen LogP contribution in [0.3, 0.4) is 0 Å². The van der Waals surface area contributed by atoms with Gasteiger partial charge in [0, 0.05) is 18.4 Å². The van der Waals surface area contributed by atoms with Gasteiger partial charge in [-0.25, -0.2) is 0 Å². The van der Waals surface area contributed by atoms with Crippen LogP contribution in [0.25, 0.3) is 0 Å². The molecular weight excluding hydrogens is 300 g/mol. The summed E-state index contributed by atoms with van der Waals surface area (Å²) in [5, 5.41) is 10.3. The van der Waals surface area contributed by atoms with Crippen molar-refractivity contribution in [3.8, 4) is 5.88 Å². The smallest absolute Gasteiger partial charge is 0.264 e. The van der Waals surface area contributed by atoms with Crippen molar-refractivity contribution < 1.29 is 5.11 Å². The van der Waals surface area contributed by atoms with Gasteiger partial charge in [0.1, 0.15) is 5.56 Å². The summed E-state index contributed by atoms with van der Waals surface area (Å²) in [6.45, 7) is 2.57. The van der Waals surface area contributed by atoms with Crippen LogP contribution in [0.2, 0.25) is 0 Å². The third kappa shape index (κ3) is 3.62. The first kappa shape index (κ1) is 16.0. The summed E-state index contributed by atoms with van der Waals surface area (Å²) in [7, 11) is 0. The van der Waals surface area contributed by atoms with Crippen molar-refractivity contribution in [2.45, 2.75) is 26.3 Å². The summed E-state index contributed by atoms with van der Waals surface area (Å²) in [4.78, 5) is 18.7. The second kappa shape index (κ2) is 7.04. The van der Waals surface area contributed by atoms with Gasteiger partial charge in [-0.05, 0) is 36.8 Å². The van der Waals surface area contributed by atoms with Crippen molar-refractivity contribution in [1.29, 1.82) is 0 Å². The molecule has 116 valence electrons. The van der Waals surface area contributed by atoms with E-state index >= 15 is 0 Å². The van der Waals surface area contributed by atoms with E-state index in [2.05, 4.69) is 9.98 Å². The fourth-order valence-corrected chi connectivity index (χ4v) is 2.23. The normalized spacial score (nSPS) is 11.1. The highest BCUT2D eigenvalue weighted by molar-refractivity contribution is 7.71. The van der Waals surface area contributed by atoms with Crippen molar-refractivity contribution in [3.05, 3.63) is 45.0 Å². The first-order chi connectivity index (χ1) is 10.5. The van der Waals surface area contributed by atoms with Gasteiger partial charge in [-0.15, -0.1) is 0 Å².